The quantitative estimate of drug-likeness (QED) is 0.859. The van der Waals surface area contributed by atoms with Gasteiger partial charge in [-0.05, 0) is 38.0 Å². The van der Waals surface area contributed by atoms with E-state index in [0.29, 0.717) is 18.9 Å². The van der Waals surface area contributed by atoms with Crippen molar-refractivity contribution in [3.63, 3.8) is 0 Å². The van der Waals surface area contributed by atoms with Crippen molar-refractivity contribution in [1.29, 1.82) is 0 Å². The SMILES string of the molecule is CCOc1cc(CC(CN)c2nc(C)cs2)ccc1O. The van der Waals surface area contributed by atoms with Crippen LogP contribution in [0.3, 0.4) is 0 Å². The van der Waals surface area contributed by atoms with Crippen LogP contribution in [-0.2, 0) is 6.42 Å². The predicted molar refractivity (Wildman–Crippen MR) is 81.6 cm³/mol. The van der Waals surface area contributed by atoms with Crippen LogP contribution in [0.2, 0.25) is 0 Å². The topological polar surface area (TPSA) is 68.4 Å². The zero-order valence-electron chi connectivity index (χ0n) is 11.8. The van der Waals surface area contributed by atoms with Gasteiger partial charge < -0.3 is 15.6 Å². The molecule has 2 aromatic rings. The molecule has 5 heteroatoms. The normalized spacial score (nSPS) is 12.3. The highest BCUT2D eigenvalue weighted by Gasteiger charge is 2.15. The number of nitrogens with zero attached hydrogens (tertiary/aromatic N) is 1. The van der Waals surface area contributed by atoms with E-state index in [0.717, 1.165) is 22.7 Å². The Balaban J connectivity index is 2.17. The Morgan fingerprint density at radius 3 is 2.85 bits per heavy atom. The molecule has 0 aliphatic rings. The minimum Gasteiger partial charge on any atom is -0.504 e. The Bertz CT molecular complexity index is 569. The van der Waals surface area contributed by atoms with E-state index in [4.69, 9.17) is 10.5 Å². The van der Waals surface area contributed by atoms with Crippen LogP contribution < -0.4 is 10.5 Å². The average Bonchev–Trinajstić information content (AvgIpc) is 2.86. The van der Waals surface area contributed by atoms with Gasteiger partial charge >= 0.3 is 0 Å². The maximum Gasteiger partial charge on any atom is 0.161 e. The van der Waals surface area contributed by atoms with Crippen molar-refractivity contribution < 1.29 is 9.84 Å². The zero-order chi connectivity index (χ0) is 14.5. The van der Waals surface area contributed by atoms with Gasteiger partial charge in [0.1, 0.15) is 0 Å². The first-order valence-electron chi connectivity index (χ1n) is 6.70. The molecule has 0 spiro atoms. The summed E-state index contributed by atoms with van der Waals surface area (Å²) in [7, 11) is 0. The Labute approximate surface area is 123 Å². The average molecular weight is 292 g/mol. The molecule has 1 aromatic heterocycles. The molecule has 1 aromatic carbocycles. The molecule has 0 radical (unpaired) electrons. The summed E-state index contributed by atoms with van der Waals surface area (Å²) in [5.74, 6) is 0.897. The summed E-state index contributed by atoms with van der Waals surface area (Å²) in [5.41, 5.74) is 8.00. The zero-order valence-corrected chi connectivity index (χ0v) is 12.6. The number of phenolic OH excluding ortho intramolecular Hbond substituents is 1. The number of ether oxygens (including phenoxy) is 1. The molecule has 0 aliphatic heterocycles. The van der Waals surface area contributed by atoms with E-state index >= 15 is 0 Å². The molecular formula is C15H20N2O2S. The first-order valence-corrected chi connectivity index (χ1v) is 7.58. The first-order chi connectivity index (χ1) is 9.63. The Hall–Kier alpha value is -1.59. The molecule has 108 valence electrons. The van der Waals surface area contributed by atoms with E-state index in [1.54, 1.807) is 17.4 Å². The molecule has 0 saturated heterocycles. The fourth-order valence-electron chi connectivity index (χ4n) is 2.07. The van der Waals surface area contributed by atoms with Crippen molar-refractivity contribution in [3.8, 4) is 11.5 Å². The minimum atomic E-state index is 0.171. The summed E-state index contributed by atoms with van der Waals surface area (Å²) in [6.45, 7) is 4.97. The summed E-state index contributed by atoms with van der Waals surface area (Å²) < 4.78 is 5.41. The predicted octanol–water partition coefficient (Wildman–Crippen LogP) is 2.84. The van der Waals surface area contributed by atoms with Crippen LogP contribution >= 0.6 is 11.3 Å². The third-order valence-corrected chi connectivity index (χ3v) is 4.20. The molecule has 20 heavy (non-hydrogen) atoms. The molecular weight excluding hydrogens is 272 g/mol. The summed E-state index contributed by atoms with van der Waals surface area (Å²) in [4.78, 5) is 4.51. The molecule has 1 unspecified atom stereocenters. The monoisotopic (exact) mass is 292 g/mol. The van der Waals surface area contributed by atoms with Crippen LogP contribution in [0.1, 0.15) is 29.1 Å². The number of nitrogens with two attached hydrogens (primary N) is 1. The smallest absolute Gasteiger partial charge is 0.161 e. The highest BCUT2D eigenvalue weighted by atomic mass is 32.1. The highest BCUT2D eigenvalue weighted by Crippen LogP contribution is 2.30. The molecule has 0 saturated carbocycles. The standard InChI is InChI=1S/C15H20N2O2S/c1-3-19-14-7-11(4-5-13(14)18)6-12(8-16)15-17-10(2)9-20-15/h4-5,7,9,12,18H,3,6,8,16H2,1-2H3. The Morgan fingerprint density at radius 2 is 2.25 bits per heavy atom. The van der Waals surface area contributed by atoms with Gasteiger partial charge in [0.2, 0.25) is 0 Å². The lowest BCUT2D eigenvalue weighted by molar-refractivity contribution is 0.317. The van der Waals surface area contributed by atoms with Gasteiger partial charge in [-0.25, -0.2) is 4.98 Å². The minimum absolute atomic E-state index is 0.171. The van der Waals surface area contributed by atoms with Crippen LogP contribution in [0.15, 0.2) is 23.6 Å². The van der Waals surface area contributed by atoms with Crippen LogP contribution in [0.25, 0.3) is 0 Å². The molecule has 1 atom stereocenters. The maximum absolute atomic E-state index is 9.72. The number of aromatic hydroxyl groups is 1. The second kappa shape index (κ2) is 6.72. The molecule has 0 aliphatic carbocycles. The van der Waals surface area contributed by atoms with Gasteiger partial charge in [-0.2, -0.15) is 0 Å². The summed E-state index contributed by atoms with van der Waals surface area (Å²) in [6, 6.07) is 5.45. The number of rotatable bonds is 6. The van der Waals surface area contributed by atoms with E-state index < -0.39 is 0 Å². The lowest BCUT2D eigenvalue weighted by atomic mass is 9.99. The number of phenols is 1. The molecule has 1 heterocycles. The van der Waals surface area contributed by atoms with E-state index in [-0.39, 0.29) is 11.7 Å². The molecule has 0 amide bonds. The molecule has 2 rings (SSSR count). The van der Waals surface area contributed by atoms with Crippen LogP contribution in [-0.4, -0.2) is 23.2 Å². The van der Waals surface area contributed by atoms with Crippen LogP contribution in [0, 0.1) is 6.92 Å². The number of benzene rings is 1. The van der Waals surface area contributed by atoms with E-state index in [1.807, 2.05) is 31.4 Å². The molecule has 4 nitrogen and oxygen atoms in total. The van der Waals surface area contributed by atoms with Gasteiger partial charge in [0.15, 0.2) is 11.5 Å². The molecule has 0 fully saturated rings. The van der Waals surface area contributed by atoms with Gasteiger partial charge in [0.05, 0.1) is 11.6 Å². The fraction of sp³-hybridized carbons (Fsp3) is 0.400. The number of hydrogen-bond acceptors (Lipinski definition) is 5. The second-order valence-corrected chi connectivity index (χ2v) is 5.59. The fourth-order valence-corrected chi connectivity index (χ4v) is 2.98. The van der Waals surface area contributed by atoms with Gasteiger partial charge in [-0.3, -0.25) is 0 Å². The van der Waals surface area contributed by atoms with Gasteiger partial charge in [-0.1, -0.05) is 6.07 Å². The van der Waals surface area contributed by atoms with E-state index in [2.05, 4.69) is 4.98 Å². The third-order valence-electron chi connectivity index (χ3n) is 3.08. The Morgan fingerprint density at radius 1 is 1.45 bits per heavy atom. The Kier molecular flexibility index (Phi) is 4.98. The lowest BCUT2D eigenvalue weighted by Crippen LogP contribution is -2.15. The van der Waals surface area contributed by atoms with E-state index in [1.165, 1.54) is 0 Å². The van der Waals surface area contributed by atoms with Crippen molar-refractivity contribution in [3.05, 3.63) is 39.8 Å². The van der Waals surface area contributed by atoms with Crippen molar-refractivity contribution in [2.75, 3.05) is 13.2 Å². The first kappa shape index (κ1) is 14.8. The maximum atomic E-state index is 9.72. The van der Waals surface area contributed by atoms with Crippen molar-refractivity contribution >= 4 is 11.3 Å². The largest absolute Gasteiger partial charge is 0.504 e. The van der Waals surface area contributed by atoms with Gasteiger partial charge in [0, 0.05) is 23.5 Å². The number of thiazole rings is 1. The lowest BCUT2D eigenvalue weighted by Gasteiger charge is -2.13. The number of hydrogen-bond donors (Lipinski definition) is 2. The van der Waals surface area contributed by atoms with Crippen molar-refractivity contribution in [2.24, 2.45) is 5.73 Å². The second-order valence-electron chi connectivity index (χ2n) is 4.70. The molecule has 3 N–H and O–H groups in total. The van der Waals surface area contributed by atoms with E-state index in [9.17, 15) is 5.11 Å². The van der Waals surface area contributed by atoms with Gasteiger partial charge in [-0.15, -0.1) is 11.3 Å². The number of aromatic nitrogens is 1. The van der Waals surface area contributed by atoms with Crippen molar-refractivity contribution in [2.45, 2.75) is 26.2 Å². The van der Waals surface area contributed by atoms with Crippen LogP contribution in [0.4, 0.5) is 0 Å². The van der Waals surface area contributed by atoms with Crippen LogP contribution in [0.5, 0.6) is 11.5 Å². The van der Waals surface area contributed by atoms with Crippen molar-refractivity contribution in [1.82, 2.24) is 4.98 Å². The summed E-state index contributed by atoms with van der Waals surface area (Å²) in [6.07, 6.45) is 0.795. The highest BCUT2D eigenvalue weighted by molar-refractivity contribution is 7.09. The summed E-state index contributed by atoms with van der Waals surface area (Å²) >= 11 is 1.65. The molecule has 0 bridgehead atoms. The number of aryl methyl sites for hydroxylation is 1. The summed E-state index contributed by atoms with van der Waals surface area (Å²) in [5, 5.41) is 12.8. The third kappa shape index (κ3) is 3.49. The van der Waals surface area contributed by atoms with Gasteiger partial charge in [0.25, 0.3) is 0 Å².